The van der Waals surface area contributed by atoms with Crippen LogP contribution in [0.5, 0.6) is 0 Å². The number of ether oxygens (including phenoxy) is 2. The number of aromatic nitrogens is 1. The van der Waals surface area contributed by atoms with Crippen LogP contribution in [0.3, 0.4) is 0 Å². The Bertz CT molecular complexity index is 901. The van der Waals surface area contributed by atoms with Gasteiger partial charge in [0.2, 0.25) is 0 Å². The van der Waals surface area contributed by atoms with Crippen molar-refractivity contribution in [2.45, 2.75) is 27.2 Å². The molecule has 2 aromatic rings. The number of aromatic amines is 1. The lowest BCUT2D eigenvalue weighted by Crippen LogP contribution is -2.23. The normalized spacial score (nSPS) is 11.3. The van der Waals surface area contributed by atoms with E-state index < -0.39 is 11.9 Å². The third kappa shape index (κ3) is 4.92. The van der Waals surface area contributed by atoms with Crippen molar-refractivity contribution in [3.8, 4) is 0 Å². The molecule has 26 heavy (non-hydrogen) atoms. The summed E-state index contributed by atoms with van der Waals surface area (Å²) in [6.45, 7) is 5.58. The minimum Gasteiger partial charge on any atom is -0.466 e. The molecule has 2 rings (SSSR count). The molecule has 0 saturated carbocycles. The second kappa shape index (κ2) is 8.80. The molecule has 0 atom stereocenters. The molecular weight excluding hydrogens is 338 g/mol. The molecule has 0 amide bonds. The van der Waals surface area contributed by atoms with E-state index >= 15 is 0 Å². The Morgan fingerprint density at radius 2 is 1.88 bits per heavy atom. The van der Waals surface area contributed by atoms with Crippen molar-refractivity contribution < 1.29 is 19.1 Å². The van der Waals surface area contributed by atoms with Crippen LogP contribution < -0.4 is 11.0 Å². The number of benzene rings is 1. The maximum Gasteiger partial charge on any atom is 0.355 e. The molecule has 0 aliphatic carbocycles. The van der Waals surface area contributed by atoms with Crippen molar-refractivity contribution >= 4 is 34.2 Å². The molecule has 0 spiro atoms. The predicted molar refractivity (Wildman–Crippen MR) is 98.2 cm³/mol. The van der Waals surface area contributed by atoms with Crippen LogP contribution in [-0.2, 0) is 19.1 Å². The number of rotatable bonds is 7. The molecule has 0 aliphatic rings. The Hall–Kier alpha value is -3.16. The van der Waals surface area contributed by atoms with Crippen molar-refractivity contribution in [3.63, 3.8) is 0 Å². The lowest BCUT2D eigenvalue weighted by atomic mass is 10.1. The minimum absolute atomic E-state index is 0.133. The van der Waals surface area contributed by atoms with Gasteiger partial charge in [-0.15, -0.1) is 0 Å². The first-order valence-corrected chi connectivity index (χ1v) is 8.23. The average Bonchev–Trinajstić information content (AvgIpc) is 2.59. The van der Waals surface area contributed by atoms with E-state index in [4.69, 9.17) is 9.47 Å². The van der Waals surface area contributed by atoms with Gasteiger partial charge in [-0.2, -0.15) is 5.10 Å². The number of nitrogens with one attached hydrogen (secondary N) is 2. The van der Waals surface area contributed by atoms with Crippen LogP contribution in [0.25, 0.3) is 10.9 Å². The number of aryl methyl sites for hydroxylation is 1. The van der Waals surface area contributed by atoms with Gasteiger partial charge in [-0.3, -0.25) is 15.0 Å². The monoisotopic (exact) mass is 359 g/mol. The van der Waals surface area contributed by atoms with Gasteiger partial charge in [-0.1, -0.05) is 11.6 Å². The second-order valence-corrected chi connectivity index (χ2v) is 5.47. The highest BCUT2D eigenvalue weighted by Gasteiger charge is 2.18. The highest BCUT2D eigenvalue weighted by Crippen LogP contribution is 2.21. The summed E-state index contributed by atoms with van der Waals surface area (Å²) in [6, 6.07) is 6.86. The molecule has 0 bridgehead atoms. The number of hydrogen-bond acceptors (Lipinski definition) is 7. The van der Waals surface area contributed by atoms with Gasteiger partial charge in [-0.25, -0.2) is 4.79 Å². The molecule has 138 valence electrons. The number of nitrogens with zero attached hydrogens (tertiary/aromatic N) is 1. The molecule has 0 fully saturated rings. The second-order valence-electron chi connectivity index (χ2n) is 5.47. The van der Waals surface area contributed by atoms with Crippen molar-refractivity contribution in [3.05, 3.63) is 40.2 Å². The number of esters is 2. The SMILES string of the molecule is CCOC(=O)C/C(=N\Nc1cc(=O)[nH]c2ccc(C)cc12)C(=O)OCC. The van der Waals surface area contributed by atoms with Gasteiger partial charge in [0.15, 0.2) is 5.71 Å². The largest absolute Gasteiger partial charge is 0.466 e. The third-order valence-electron chi connectivity index (χ3n) is 3.44. The fraction of sp³-hybridized carbons (Fsp3) is 0.333. The maximum absolute atomic E-state index is 12.0. The fourth-order valence-electron chi connectivity index (χ4n) is 2.31. The molecule has 2 N–H and O–H groups in total. The van der Waals surface area contributed by atoms with E-state index in [1.807, 2.05) is 19.1 Å². The van der Waals surface area contributed by atoms with E-state index in [2.05, 4.69) is 15.5 Å². The summed E-state index contributed by atoms with van der Waals surface area (Å²) >= 11 is 0. The van der Waals surface area contributed by atoms with Gasteiger partial charge in [0.1, 0.15) is 0 Å². The Labute approximate surface area is 150 Å². The summed E-state index contributed by atoms with van der Waals surface area (Å²) in [7, 11) is 0. The van der Waals surface area contributed by atoms with Crippen LogP contribution in [0, 0.1) is 6.92 Å². The number of pyridine rings is 1. The summed E-state index contributed by atoms with van der Waals surface area (Å²) in [6.07, 6.45) is -0.334. The van der Waals surface area contributed by atoms with E-state index in [0.717, 1.165) is 10.9 Å². The van der Waals surface area contributed by atoms with Crippen LogP contribution in [0.15, 0.2) is 34.2 Å². The van der Waals surface area contributed by atoms with Gasteiger partial charge >= 0.3 is 11.9 Å². The predicted octanol–water partition coefficient (Wildman–Crippen LogP) is 2.12. The average molecular weight is 359 g/mol. The third-order valence-corrected chi connectivity index (χ3v) is 3.44. The molecule has 1 heterocycles. The van der Waals surface area contributed by atoms with Crippen LogP contribution >= 0.6 is 0 Å². The smallest absolute Gasteiger partial charge is 0.355 e. The zero-order valence-corrected chi connectivity index (χ0v) is 14.9. The molecule has 8 nitrogen and oxygen atoms in total. The van der Waals surface area contributed by atoms with E-state index in [1.54, 1.807) is 19.9 Å². The molecule has 0 unspecified atom stereocenters. The quantitative estimate of drug-likeness (QED) is 0.445. The van der Waals surface area contributed by atoms with Crippen LogP contribution in [0.1, 0.15) is 25.8 Å². The standard InChI is InChI=1S/C18H21N3O5/c1-4-25-17(23)10-15(18(24)26-5-2)21-20-14-9-16(22)19-13-7-6-11(3)8-12(13)14/h6-9H,4-5,10H2,1-3H3,(H2,19,20,22)/b21-15+. The number of hydrogen-bond donors (Lipinski definition) is 2. The van der Waals surface area contributed by atoms with E-state index in [-0.39, 0.29) is 30.9 Å². The number of H-pyrrole nitrogens is 1. The van der Waals surface area contributed by atoms with Gasteiger partial charge in [-0.05, 0) is 32.9 Å². The number of fused-ring (bicyclic) bond motifs is 1. The summed E-state index contributed by atoms with van der Waals surface area (Å²) in [4.78, 5) is 38.3. The van der Waals surface area contributed by atoms with Gasteiger partial charge < -0.3 is 14.5 Å². The first-order valence-electron chi connectivity index (χ1n) is 8.23. The molecular formula is C18H21N3O5. The number of carbonyl (C=O) groups excluding carboxylic acids is 2. The van der Waals surface area contributed by atoms with Crippen molar-refractivity contribution in [2.75, 3.05) is 18.6 Å². The highest BCUT2D eigenvalue weighted by atomic mass is 16.5. The zero-order valence-electron chi connectivity index (χ0n) is 14.9. The van der Waals surface area contributed by atoms with Crippen molar-refractivity contribution in [2.24, 2.45) is 5.10 Å². The van der Waals surface area contributed by atoms with Crippen molar-refractivity contribution in [1.82, 2.24) is 4.98 Å². The molecule has 1 aromatic carbocycles. The van der Waals surface area contributed by atoms with Gasteiger partial charge in [0.05, 0.1) is 30.8 Å². The summed E-state index contributed by atoms with van der Waals surface area (Å²) in [5.74, 6) is -1.31. The zero-order chi connectivity index (χ0) is 19.1. The topological polar surface area (TPSA) is 110 Å². The molecule has 0 radical (unpaired) electrons. The molecule has 8 heteroatoms. The lowest BCUT2D eigenvalue weighted by Gasteiger charge is -2.09. The molecule has 1 aromatic heterocycles. The number of hydrazone groups is 1. The van der Waals surface area contributed by atoms with E-state index in [0.29, 0.717) is 11.2 Å². The van der Waals surface area contributed by atoms with Gasteiger partial charge in [0.25, 0.3) is 5.56 Å². The van der Waals surface area contributed by atoms with Gasteiger partial charge in [0, 0.05) is 11.5 Å². The number of anilines is 1. The first kappa shape index (κ1) is 19.2. The fourth-order valence-corrected chi connectivity index (χ4v) is 2.31. The van der Waals surface area contributed by atoms with Crippen molar-refractivity contribution in [1.29, 1.82) is 0 Å². The molecule has 0 aliphatic heterocycles. The van der Waals surface area contributed by atoms with Crippen LogP contribution in [-0.4, -0.2) is 35.8 Å². The Morgan fingerprint density at radius 3 is 2.58 bits per heavy atom. The summed E-state index contributed by atoms with van der Waals surface area (Å²) in [5, 5.41) is 4.72. The van der Waals surface area contributed by atoms with Crippen LogP contribution in [0.2, 0.25) is 0 Å². The summed E-state index contributed by atoms with van der Waals surface area (Å²) < 4.78 is 9.76. The first-order chi connectivity index (χ1) is 12.4. The van der Waals surface area contributed by atoms with E-state index in [1.165, 1.54) is 6.07 Å². The lowest BCUT2D eigenvalue weighted by molar-refractivity contribution is -0.143. The Balaban J connectivity index is 2.37. The highest BCUT2D eigenvalue weighted by molar-refractivity contribution is 6.39. The van der Waals surface area contributed by atoms with E-state index in [9.17, 15) is 14.4 Å². The Morgan fingerprint density at radius 1 is 1.15 bits per heavy atom. The van der Waals surface area contributed by atoms with Crippen LogP contribution in [0.4, 0.5) is 5.69 Å². The minimum atomic E-state index is -0.724. The molecule has 0 saturated heterocycles. The number of carbonyl (C=O) groups is 2. The Kier molecular flexibility index (Phi) is 6.48. The summed E-state index contributed by atoms with van der Waals surface area (Å²) in [5.41, 5.74) is 4.29. The maximum atomic E-state index is 12.0.